The molecule has 8 rings (SSSR count). The molecule has 0 N–H and O–H groups in total. The molecule has 2 aromatic carbocycles. The van der Waals surface area contributed by atoms with Crippen molar-refractivity contribution in [2.45, 2.75) is 55.4 Å². The van der Waals surface area contributed by atoms with Gasteiger partial charge in [-0.1, -0.05) is 77.8 Å². The zero-order valence-corrected chi connectivity index (χ0v) is 32.2. The van der Waals surface area contributed by atoms with E-state index in [0.29, 0.717) is 40.8 Å². The fraction of sp³-hybridized carbons (Fsp3) is 0.195. The van der Waals surface area contributed by atoms with Gasteiger partial charge in [0.1, 0.15) is 22.4 Å². The molecule has 0 saturated heterocycles. The van der Waals surface area contributed by atoms with E-state index < -0.39 is 0 Å². The van der Waals surface area contributed by atoms with E-state index in [4.69, 9.17) is 11.0 Å². The molecule has 0 aliphatic carbocycles. The van der Waals surface area contributed by atoms with Gasteiger partial charge in [-0.3, -0.25) is 15.0 Å². The van der Waals surface area contributed by atoms with Gasteiger partial charge in [-0.05, 0) is 65.7 Å². The Kier molecular flexibility index (Phi) is 18.7. The van der Waals surface area contributed by atoms with Crippen LogP contribution in [0.1, 0.15) is 54.8 Å². The van der Waals surface area contributed by atoms with Gasteiger partial charge in [0.05, 0.1) is 29.7 Å². The zero-order chi connectivity index (χ0) is 45.0. The van der Waals surface area contributed by atoms with Crippen molar-refractivity contribution in [3.05, 3.63) is 196 Å². The fourth-order valence-electron chi connectivity index (χ4n) is 2.67. The van der Waals surface area contributed by atoms with Crippen molar-refractivity contribution >= 4 is 22.7 Å². The van der Waals surface area contributed by atoms with Crippen LogP contribution < -0.4 is 0 Å². The summed E-state index contributed by atoms with van der Waals surface area (Å²) in [4.78, 5) is 26.8. The molecule has 0 atom stereocenters. The third kappa shape index (κ3) is 28.2. The van der Waals surface area contributed by atoms with Crippen molar-refractivity contribution in [3.8, 4) is 0 Å². The molecule has 0 spiro atoms. The first-order valence-electron chi connectivity index (χ1n) is 19.6. The number of rotatable bonds is 0. The number of hydrogen-bond donors (Lipinski definition) is 0. The molecule has 11 heteroatoms. The van der Waals surface area contributed by atoms with Crippen molar-refractivity contribution in [1.82, 2.24) is 34.9 Å². The van der Waals surface area contributed by atoms with Crippen LogP contribution in [0.5, 0.6) is 0 Å². The van der Waals surface area contributed by atoms with E-state index in [1.54, 1.807) is 69.1 Å². The van der Waals surface area contributed by atoms with Gasteiger partial charge in [-0.15, -0.1) is 22.7 Å². The highest BCUT2D eigenvalue weighted by Gasteiger charge is 1.79. The van der Waals surface area contributed by atoms with Gasteiger partial charge in [0, 0.05) is 54.3 Å². The van der Waals surface area contributed by atoms with Gasteiger partial charge in [-0.25, -0.2) is 19.9 Å². The molecule has 6 aromatic heterocycles. The van der Waals surface area contributed by atoms with Gasteiger partial charge in [0.15, 0.2) is 12.3 Å². The second kappa shape index (κ2) is 30.2. The third-order valence-corrected chi connectivity index (χ3v) is 6.43. The first-order valence-corrected chi connectivity index (χ1v) is 17.2. The maximum Gasteiger partial charge on any atom is 0.190 e. The molecule has 0 fully saturated rings. The molecule has 9 nitrogen and oxygen atoms in total. The first-order chi connectivity index (χ1) is 28.3. The Balaban J connectivity index is 0.000000343. The number of pyridine rings is 1. The largest absolute Gasteiger partial charge is 0.449 e. The molecule has 0 radical (unpaired) electrons. The van der Waals surface area contributed by atoms with Crippen LogP contribution in [-0.2, 0) is 0 Å². The fourth-order valence-corrected chi connectivity index (χ4v) is 3.41. The average molecular weight is 752 g/mol. The lowest BCUT2D eigenvalue weighted by Gasteiger charge is -1.82. The lowest BCUT2D eigenvalue weighted by molar-refractivity contribution is 0.521. The summed E-state index contributed by atoms with van der Waals surface area (Å²) in [6.07, 6.45) is 11.6. The number of nitrogens with zero attached hydrogens (tertiary/aromatic N) is 7. The van der Waals surface area contributed by atoms with Crippen LogP contribution in [0.15, 0.2) is 161 Å². The second-order valence-corrected chi connectivity index (χ2v) is 12.2. The monoisotopic (exact) mass is 751 g/mol. The highest BCUT2D eigenvalue weighted by molar-refractivity contribution is 7.09. The predicted octanol–water partition coefficient (Wildman–Crippen LogP) is 11.0. The normalized spacial score (nSPS) is 10.9. The summed E-state index contributed by atoms with van der Waals surface area (Å²) in [7, 11) is 0. The Bertz CT molecular complexity index is 1920. The van der Waals surface area contributed by atoms with Crippen LogP contribution in [0.4, 0.5) is 0 Å². The Labute approximate surface area is 327 Å². The number of aryl methyl sites for hydroxylation is 8. The molecule has 0 amide bonds. The van der Waals surface area contributed by atoms with Gasteiger partial charge in [0.25, 0.3) is 0 Å². The van der Waals surface area contributed by atoms with Crippen molar-refractivity contribution in [1.29, 1.82) is 0 Å². The van der Waals surface area contributed by atoms with Crippen LogP contribution in [-0.4, -0.2) is 34.9 Å². The third-order valence-electron chi connectivity index (χ3n) is 5.19. The van der Waals surface area contributed by atoms with E-state index in [9.17, 15) is 0 Å². The highest BCUT2D eigenvalue weighted by atomic mass is 32.1. The van der Waals surface area contributed by atoms with Crippen molar-refractivity contribution in [2.75, 3.05) is 0 Å². The molecule has 6 heterocycles. The highest BCUT2D eigenvalue weighted by Crippen LogP contribution is 2.00. The summed E-state index contributed by atoms with van der Waals surface area (Å²) in [6, 6.07) is 19.6. The van der Waals surface area contributed by atoms with Gasteiger partial charge in [-0.2, -0.15) is 0 Å². The summed E-state index contributed by atoms with van der Waals surface area (Å²) in [5.74, 6) is 1.23. The Morgan fingerprint density at radius 2 is 1.25 bits per heavy atom. The summed E-state index contributed by atoms with van der Waals surface area (Å²) < 4.78 is 64.8. The minimum atomic E-state index is -0.0162. The van der Waals surface area contributed by atoms with E-state index in [1.807, 2.05) is 77.9 Å². The van der Waals surface area contributed by atoms with Crippen LogP contribution in [0.2, 0.25) is 0 Å². The van der Waals surface area contributed by atoms with Crippen LogP contribution >= 0.6 is 22.7 Å². The van der Waals surface area contributed by atoms with Crippen molar-refractivity contribution in [2.24, 2.45) is 0 Å². The van der Waals surface area contributed by atoms with Crippen LogP contribution in [0.3, 0.4) is 0 Å². The molecule has 0 unspecified atom stereocenters. The Morgan fingerprint density at radius 3 is 1.56 bits per heavy atom. The van der Waals surface area contributed by atoms with Gasteiger partial charge < -0.3 is 8.83 Å². The smallest absolute Gasteiger partial charge is 0.190 e. The lowest BCUT2D eigenvalue weighted by atomic mass is 10.2. The SMILES string of the molecule is [3H]c1ccc(C)cc1.[3H]c1ccc(C)cn1.[3H]c1cccc(C)c1.[3H]c1cnc(C)o1.[3H]c1cnc(C)s1.[3H]c1ncc(C)cn1.[3H]c1ncc(C)o1.[3H]c1ncc(C)s1. The van der Waals surface area contributed by atoms with Crippen molar-refractivity contribution < 1.29 is 19.8 Å². The molecule has 8 aromatic rings. The van der Waals surface area contributed by atoms with Crippen molar-refractivity contribution in [3.63, 3.8) is 0 Å². The van der Waals surface area contributed by atoms with Gasteiger partial charge in [0.2, 0.25) is 0 Å². The molecule has 272 valence electrons. The summed E-state index contributed by atoms with van der Waals surface area (Å²) >= 11 is 2.80. The molecule has 0 bridgehead atoms. The van der Waals surface area contributed by atoms with Gasteiger partial charge >= 0.3 is 0 Å². The molecule has 0 saturated carbocycles. The maximum atomic E-state index is 7.14. The van der Waals surface area contributed by atoms with E-state index in [1.165, 1.54) is 40.6 Å². The Hall–Kier alpha value is -5.65. The molecular weight excluding hydrogens is 687 g/mol. The minimum absolute atomic E-state index is 0.0162. The molecular formula is C41H49N7O2S2. The quantitative estimate of drug-likeness (QED) is 0.149. The van der Waals surface area contributed by atoms with E-state index in [2.05, 4.69) is 43.7 Å². The van der Waals surface area contributed by atoms with E-state index >= 15 is 0 Å². The number of oxazole rings is 2. The molecule has 52 heavy (non-hydrogen) atoms. The maximum absolute atomic E-state index is 7.14. The number of aromatic nitrogens is 7. The topological polar surface area (TPSA) is 117 Å². The second-order valence-electron chi connectivity index (χ2n) is 10.1. The minimum Gasteiger partial charge on any atom is -0.449 e. The van der Waals surface area contributed by atoms with E-state index in [-0.39, 0.29) is 18.9 Å². The molecule has 0 aliphatic rings. The first kappa shape index (κ1) is 32.3. The summed E-state index contributed by atoms with van der Waals surface area (Å²) in [6.45, 7) is 15.1. The van der Waals surface area contributed by atoms with E-state index in [0.717, 1.165) is 26.6 Å². The summed E-state index contributed by atoms with van der Waals surface area (Å²) in [5, 5.41) is 1.50. The predicted molar refractivity (Wildman–Crippen MR) is 214 cm³/mol. The number of benzene rings is 2. The molecule has 0 aliphatic heterocycles. The summed E-state index contributed by atoms with van der Waals surface area (Å²) in [5.41, 5.74) is 4.85. The number of hydrogen-bond acceptors (Lipinski definition) is 11. The zero-order valence-electron chi connectivity index (χ0n) is 38.6. The standard InChI is InChI=1S/2C7H8.C6H7N.C5H6N2.2C4H5NO.2C4H5NS/c2*1-7-5-3-2-4-6-7;1-6-3-2-4-7-5-6;1-5-2-6-4-7-3-5;1-4-2-5-3-6-4;1-4-5-2-3-6-4;1-4-2-5-3-6-4;1-4-5-2-3-6-4/h2*2-6H,1H3;2-5H,1H3;2-4H,1H3;4*2-3H,1H3/i3T;2T;2*4T;4*3T. The lowest BCUT2D eigenvalue weighted by Crippen LogP contribution is -1.75. The Morgan fingerprint density at radius 1 is 0.558 bits per heavy atom. The van der Waals surface area contributed by atoms with Crippen LogP contribution in [0, 0.1) is 55.4 Å². The number of thiazole rings is 2. The average Bonchev–Trinajstić information content (AvgIpc) is 3.99. The van der Waals surface area contributed by atoms with Crippen LogP contribution in [0.25, 0.3) is 0 Å².